The third-order valence-electron chi connectivity index (χ3n) is 2.69. The van der Waals surface area contributed by atoms with Crippen molar-refractivity contribution < 1.29 is 4.39 Å². The maximum Gasteiger partial charge on any atom is 0.225 e. The van der Waals surface area contributed by atoms with E-state index >= 15 is 0 Å². The number of aryl methyl sites for hydroxylation is 1. The van der Waals surface area contributed by atoms with E-state index in [9.17, 15) is 4.39 Å². The highest BCUT2D eigenvalue weighted by Crippen LogP contribution is 2.32. The Hall–Kier alpha value is -1.43. The van der Waals surface area contributed by atoms with Crippen molar-refractivity contribution in [2.45, 2.75) is 6.92 Å². The van der Waals surface area contributed by atoms with E-state index in [4.69, 9.17) is 23.2 Å². The average molecular weight is 328 g/mol. The summed E-state index contributed by atoms with van der Waals surface area (Å²) in [5, 5.41) is 3.89. The first-order chi connectivity index (χ1) is 9.54. The summed E-state index contributed by atoms with van der Waals surface area (Å²) in [7, 11) is 0. The van der Waals surface area contributed by atoms with Crippen molar-refractivity contribution in [1.29, 1.82) is 0 Å². The van der Waals surface area contributed by atoms with Crippen molar-refractivity contribution >= 4 is 56.3 Å². The highest BCUT2D eigenvalue weighted by Gasteiger charge is 2.12. The van der Waals surface area contributed by atoms with Crippen LogP contribution in [0, 0.1) is 12.7 Å². The van der Waals surface area contributed by atoms with Crippen molar-refractivity contribution in [3.05, 3.63) is 45.3 Å². The molecule has 20 heavy (non-hydrogen) atoms. The van der Waals surface area contributed by atoms with E-state index < -0.39 is 5.82 Å². The molecule has 3 rings (SSSR count). The summed E-state index contributed by atoms with van der Waals surface area (Å²) in [5.74, 6) is -0.0606. The molecule has 0 fully saturated rings. The lowest BCUT2D eigenvalue weighted by Gasteiger charge is -2.08. The third kappa shape index (κ3) is 2.44. The predicted molar refractivity (Wildman–Crippen MR) is 81.9 cm³/mol. The molecule has 0 radical (unpaired) electrons. The number of fused-ring (bicyclic) bond motifs is 1. The summed E-state index contributed by atoms with van der Waals surface area (Å²) < 4.78 is 13.9. The fourth-order valence-corrected chi connectivity index (χ4v) is 3.11. The molecule has 2 heterocycles. The van der Waals surface area contributed by atoms with E-state index in [1.165, 1.54) is 17.4 Å². The lowest BCUT2D eigenvalue weighted by atomic mass is 10.3. The Bertz CT molecular complexity index is 804. The SMILES string of the molecule is Cc1cc2c(Nc3cccc(Cl)c3F)nc(Cl)nc2s1. The first-order valence-corrected chi connectivity index (χ1v) is 7.26. The molecule has 102 valence electrons. The number of hydrogen-bond donors (Lipinski definition) is 1. The molecule has 7 heteroatoms. The fraction of sp³-hybridized carbons (Fsp3) is 0.0769. The van der Waals surface area contributed by atoms with Crippen LogP contribution >= 0.6 is 34.5 Å². The lowest BCUT2D eigenvalue weighted by Crippen LogP contribution is -1.98. The predicted octanol–water partition coefficient (Wildman–Crippen LogP) is 5.19. The van der Waals surface area contributed by atoms with Crippen LogP contribution in [-0.4, -0.2) is 9.97 Å². The molecule has 1 N–H and O–H groups in total. The van der Waals surface area contributed by atoms with E-state index in [-0.39, 0.29) is 16.0 Å². The Morgan fingerprint density at radius 3 is 2.85 bits per heavy atom. The van der Waals surface area contributed by atoms with Crippen molar-refractivity contribution in [3.8, 4) is 0 Å². The van der Waals surface area contributed by atoms with Gasteiger partial charge in [-0.15, -0.1) is 11.3 Å². The van der Waals surface area contributed by atoms with Crippen LogP contribution in [0.2, 0.25) is 10.3 Å². The molecule has 0 unspecified atom stereocenters. The molecule has 0 spiro atoms. The second-order valence-electron chi connectivity index (χ2n) is 4.14. The van der Waals surface area contributed by atoms with Gasteiger partial charge in [0.2, 0.25) is 5.28 Å². The van der Waals surface area contributed by atoms with Crippen molar-refractivity contribution in [2.75, 3.05) is 5.32 Å². The van der Waals surface area contributed by atoms with Gasteiger partial charge >= 0.3 is 0 Å². The quantitative estimate of drug-likeness (QED) is 0.658. The van der Waals surface area contributed by atoms with Gasteiger partial charge in [-0.1, -0.05) is 17.7 Å². The van der Waals surface area contributed by atoms with Crippen LogP contribution < -0.4 is 5.32 Å². The van der Waals surface area contributed by atoms with Gasteiger partial charge < -0.3 is 5.32 Å². The Balaban J connectivity index is 2.12. The van der Waals surface area contributed by atoms with Gasteiger partial charge in [0.05, 0.1) is 16.1 Å². The van der Waals surface area contributed by atoms with Crippen LogP contribution in [-0.2, 0) is 0 Å². The lowest BCUT2D eigenvalue weighted by molar-refractivity contribution is 0.632. The first-order valence-electron chi connectivity index (χ1n) is 5.69. The zero-order chi connectivity index (χ0) is 14.3. The summed E-state index contributed by atoms with van der Waals surface area (Å²) >= 11 is 13.2. The Kier molecular flexibility index (Phi) is 3.50. The normalized spacial score (nSPS) is 11.0. The molecule has 0 aliphatic rings. The van der Waals surface area contributed by atoms with Crippen LogP contribution in [0.25, 0.3) is 10.2 Å². The molecule has 0 atom stereocenters. The standard InChI is InChI=1S/C13H8Cl2FN3S/c1-6-5-7-11(18-13(15)19-12(7)20-6)17-9-4-2-3-8(14)10(9)16/h2-5H,1H3,(H,17,18,19). The van der Waals surface area contributed by atoms with E-state index in [2.05, 4.69) is 15.3 Å². The molecule has 0 bridgehead atoms. The second kappa shape index (κ2) is 5.16. The Labute approximate surface area is 128 Å². The smallest absolute Gasteiger partial charge is 0.225 e. The van der Waals surface area contributed by atoms with Gasteiger partial charge in [0.15, 0.2) is 5.82 Å². The Morgan fingerprint density at radius 2 is 2.05 bits per heavy atom. The topological polar surface area (TPSA) is 37.8 Å². The van der Waals surface area contributed by atoms with Gasteiger partial charge in [0.25, 0.3) is 0 Å². The summed E-state index contributed by atoms with van der Waals surface area (Å²) in [5.41, 5.74) is 0.248. The number of nitrogens with zero attached hydrogens (tertiary/aromatic N) is 2. The van der Waals surface area contributed by atoms with Crippen LogP contribution in [0.15, 0.2) is 24.3 Å². The number of nitrogens with one attached hydrogen (secondary N) is 1. The summed E-state index contributed by atoms with van der Waals surface area (Å²) in [6, 6.07) is 6.66. The van der Waals surface area contributed by atoms with Crippen LogP contribution in [0.1, 0.15) is 4.88 Å². The van der Waals surface area contributed by atoms with E-state index in [1.54, 1.807) is 12.1 Å². The number of benzene rings is 1. The zero-order valence-electron chi connectivity index (χ0n) is 10.2. The number of rotatable bonds is 2. The number of halogens is 3. The van der Waals surface area contributed by atoms with Crippen molar-refractivity contribution in [3.63, 3.8) is 0 Å². The van der Waals surface area contributed by atoms with E-state index in [1.807, 2.05) is 13.0 Å². The van der Waals surface area contributed by atoms with Crippen molar-refractivity contribution in [2.24, 2.45) is 0 Å². The molecule has 3 nitrogen and oxygen atoms in total. The molecule has 2 aromatic heterocycles. The van der Waals surface area contributed by atoms with Crippen LogP contribution in [0.3, 0.4) is 0 Å². The molecule has 0 saturated heterocycles. The largest absolute Gasteiger partial charge is 0.337 e. The van der Waals surface area contributed by atoms with E-state index in [0.29, 0.717) is 5.82 Å². The highest BCUT2D eigenvalue weighted by atomic mass is 35.5. The van der Waals surface area contributed by atoms with Gasteiger partial charge in [0.1, 0.15) is 10.6 Å². The second-order valence-corrected chi connectivity index (χ2v) is 6.12. The molecular weight excluding hydrogens is 320 g/mol. The van der Waals surface area contributed by atoms with E-state index in [0.717, 1.165) is 15.1 Å². The van der Waals surface area contributed by atoms with Gasteiger partial charge in [-0.05, 0) is 36.7 Å². The maximum atomic E-state index is 13.9. The minimum atomic E-state index is -0.524. The molecule has 0 aliphatic heterocycles. The van der Waals surface area contributed by atoms with Gasteiger partial charge in [0, 0.05) is 4.88 Å². The summed E-state index contributed by atoms with van der Waals surface area (Å²) in [4.78, 5) is 10.1. The number of anilines is 2. The van der Waals surface area contributed by atoms with Crippen molar-refractivity contribution in [1.82, 2.24) is 9.97 Å². The summed E-state index contributed by atoms with van der Waals surface area (Å²) in [6.07, 6.45) is 0. The zero-order valence-corrected chi connectivity index (χ0v) is 12.6. The number of thiophene rings is 1. The highest BCUT2D eigenvalue weighted by molar-refractivity contribution is 7.18. The first kappa shape index (κ1) is 13.5. The number of aromatic nitrogens is 2. The molecule has 0 aliphatic carbocycles. The van der Waals surface area contributed by atoms with Crippen LogP contribution in [0.5, 0.6) is 0 Å². The monoisotopic (exact) mass is 327 g/mol. The minimum Gasteiger partial charge on any atom is -0.337 e. The number of hydrogen-bond acceptors (Lipinski definition) is 4. The van der Waals surface area contributed by atoms with Crippen LogP contribution in [0.4, 0.5) is 15.9 Å². The fourth-order valence-electron chi connectivity index (χ4n) is 1.84. The maximum absolute atomic E-state index is 13.9. The third-order valence-corrected chi connectivity index (χ3v) is 4.10. The van der Waals surface area contributed by atoms with Gasteiger partial charge in [-0.3, -0.25) is 0 Å². The average Bonchev–Trinajstić information content (AvgIpc) is 2.75. The molecule has 0 saturated carbocycles. The van der Waals surface area contributed by atoms with Gasteiger partial charge in [-0.25, -0.2) is 9.37 Å². The molecular formula is C13H8Cl2FN3S. The summed E-state index contributed by atoms with van der Waals surface area (Å²) in [6.45, 7) is 1.96. The molecule has 0 amide bonds. The molecule has 1 aromatic carbocycles. The van der Waals surface area contributed by atoms with Gasteiger partial charge in [-0.2, -0.15) is 4.98 Å². The minimum absolute atomic E-state index is 0.0490. The molecule has 3 aromatic rings. The Morgan fingerprint density at radius 1 is 1.25 bits per heavy atom.